The van der Waals surface area contributed by atoms with Gasteiger partial charge in [-0.3, -0.25) is 10.1 Å². The molecule has 0 bridgehead atoms. The van der Waals surface area contributed by atoms with E-state index in [0.717, 1.165) is 17.7 Å². The molecule has 0 aliphatic carbocycles. The van der Waals surface area contributed by atoms with Crippen molar-refractivity contribution in [3.8, 4) is 17.2 Å². The van der Waals surface area contributed by atoms with Gasteiger partial charge in [-0.1, -0.05) is 12.1 Å². The monoisotopic (exact) mass is 412 g/mol. The van der Waals surface area contributed by atoms with Gasteiger partial charge in [0, 0.05) is 6.42 Å². The fourth-order valence-electron chi connectivity index (χ4n) is 2.99. The number of rotatable bonds is 8. The molecular formula is C22H24N2O4S. The lowest BCUT2D eigenvalue weighted by molar-refractivity contribution is -0.115. The maximum atomic E-state index is 11.8. The largest absolute Gasteiger partial charge is 0.493 e. The zero-order chi connectivity index (χ0) is 20.8. The standard InChI is InChI=1S/C22H24N2O4S/c1-14-9-15(2)11-17(10-14)27-7-4-8-28-19-6-5-16(13-20(19)26-3)12-18-21(25)24-22(29)23-18/h5-6,9-13H,4,7-8H2,1-3H3,(H2,23,24,25,29)/b18-12-. The van der Waals surface area contributed by atoms with Gasteiger partial charge in [-0.2, -0.15) is 0 Å². The molecule has 3 rings (SSSR count). The predicted molar refractivity (Wildman–Crippen MR) is 116 cm³/mol. The molecule has 0 saturated carbocycles. The van der Waals surface area contributed by atoms with E-state index < -0.39 is 0 Å². The van der Waals surface area contributed by atoms with Gasteiger partial charge in [-0.05, 0) is 73.1 Å². The molecule has 1 amide bonds. The van der Waals surface area contributed by atoms with Crippen LogP contribution in [-0.4, -0.2) is 31.3 Å². The molecule has 0 radical (unpaired) electrons. The van der Waals surface area contributed by atoms with E-state index >= 15 is 0 Å². The first-order valence-corrected chi connectivity index (χ1v) is 9.71. The Kier molecular flexibility index (Phi) is 6.72. The van der Waals surface area contributed by atoms with Gasteiger partial charge >= 0.3 is 0 Å². The van der Waals surface area contributed by atoms with Crippen molar-refractivity contribution in [3.63, 3.8) is 0 Å². The molecule has 0 unspecified atom stereocenters. The molecule has 1 heterocycles. The van der Waals surface area contributed by atoms with E-state index in [-0.39, 0.29) is 5.91 Å². The first-order valence-electron chi connectivity index (χ1n) is 9.30. The van der Waals surface area contributed by atoms with Crippen LogP contribution in [0.1, 0.15) is 23.1 Å². The van der Waals surface area contributed by atoms with E-state index in [4.69, 9.17) is 26.4 Å². The lowest BCUT2D eigenvalue weighted by atomic mass is 10.1. The fourth-order valence-corrected chi connectivity index (χ4v) is 3.19. The predicted octanol–water partition coefficient (Wildman–Crippen LogP) is 3.51. The molecule has 7 heteroatoms. The number of benzene rings is 2. The van der Waals surface area contributed by atoms with Crippen LogP contribution >= 0.6 is 12.2 Å². The molecule has 152 valence electrons. The molecule has 1 aliphatic heterocycles. The van der Waals surface area contributed by atoms with Crippen LogP contribution in [0, 0.1) is 13.8 Å². The number of hydrogen-bond acceptors (Lipinski definition) is 5. The number of carbonyl (C=O) groups is 1. The highest BCUT2D eigenvalue weighted by atomic mass is 32.1. The molecular weight excluding hydrogens is 388 g/mol. The van der Waals surface area contributed by atoms with Crippen LogP contribution in [0.5, 0.6) is 17.2 Å². The van der Waals surface area contributed by atoms with Crippen molar-refractivity contribution in [2.75, 3.05) is 20.3 Å². The smallest absolute Gasteiger partial charge is 0.273 e. The van der Waals surface area contributed by atoms with Gasteiger partial charge in [0.2, 0.25) is 0 Å². The number of carbonyl (C=O) groups excluding carboxylic acids is 1. The third-order valence-electron chi connectivity index (χ3n) is 4.23. The zero-order valence-corrected chi connectivity index (χ0v) is 17.5. The van der Waals surface area contributed by atoms with Crippen molar-refractivity contribution < 1.29 is 19.0 Å². The second-order valence-electron chi connectivity index (χ2n) is 6.75. The quantitative estimate of drug-likeness (QED) is 0.393. The Morgan fingerprint density at radius 3 is 2.34 bits per heavy atom. The van der Waals surface area contributed by atoms with Crippen LogP contribution < -0.4 is 24.8 Å². The molecule has 2 aromatic carbocycles. The van der Waals surface area contributed by atoms with Crippen molar-refractivity contribution in [2.24, 2.45) is 0 Å². The molecule has 1 aliphatic rings. The number of thiocarbonyl (C=S) groups is 1. The normalized spacial score (nSPS) is 14.5. The van der Waals surface area contributed by atoms with E-state index in [1.807, 2.05) is 30.3 Å². The number of nitrogens with one attached hydrogen (secondary N) is 2. The Morgan fingerprint density at radius 2 is 1.69 bits per heavy atom. The maximum absolute atomic E-state index is 11.8. The van der Waals surface area contributed by atoms with E-state index in [1.165, 1.54) is 11.1 Å². The average Bonchev–Trinajstić information content (AvgIpc) is 2.98. The SMILES string of the molecule is COc1cc(/C=C2\NC(=S)NC2=O)ccc1OCCCOc1cc(C)cc(C)c1. The van der Waals surface area contributed by atoms with Crippen molar-refractivity contribution >= 4 is 29.3 Å². The van der Waals surface area contributed by atoms with Gasteiger partial charge in [-0.25, -0.2) is 0 Å². The summed E-state index contributed by atoms with van der Waals surface area (Å²) in [4.78, 5) is 11.8. The molecule has 0 spiro atoms. The Bertz CT molecular complexity index is 936. The van der Waals surface area contributed by atoms with Gasteiger partial charge in [-0.15, -0.1) is 0 Å². The minimum atomic E-state index is -0.252. The van der Waals surface area contributed by atoms with Crippen LogP contribution in [0.2, 0.25) is 0 Å². The molecule has 1 fully saturated rings. The molecule has 1 saturated heterocycles. The Balaban J connectivity index is 1.53. The summed E-state index contributed by atoms with van der Waals surface area (Å²) in [6, 6.07) is 11.6. The van der Waals surface area contributed by atoms with Gasteiger partial charge in [0.05, 0.1) is 20.3 Å². The number of hydrogen-bond donors (Lipinski definition) is 2. The summed E-state index contributed by atoms with van der Waals surface area (Å²) >= 11 is 4.93. The highest BCUT2D eigenvalue weighted by Crippen LogP contribution is 2.29. The van der Waals surface area contributed by atoms with Gasteiger partial charge in [0.25, 0.3) is 5.91 Å². The van der Waals surface area contributed by atoms with Gasteiger partial charge < -0.3 is 19.5 Å². The highest BCUT2D eigenvalue weighted by molar-refractivity contribution is 7.80. The second-order valence-corrected chi connectivity index (χ2v) is 7.16. The topological polar surface area (TPSA) is 68.8 Å². The van der Waals surface area contributed by atoms with Crippen LogP contribution in [0.15, 0.2) is 42.1 Å². The molecule has 29 heavy (non-hydrogen) atoms. The first-order chi connectivity index (χ1) is 13.9. The summed E-state index contributed by atoms with van der Waals surface area (Å²) in [5, 5.41) is 5.65. The first kappa shape index (κ1) is 20.7. The Hall–Kier alpha value is -3.06. The highest BCUT2D eigenvalue weighted by Gasteiger charge is 2.20. The zero-order valence-electron chi connectivity index (χ0n) is 16.7. The van der Waals surface area contributed by atoms with E-state index in [1.54, 1.807) is 13.2 Å². The summed E-state index contributed by atoms with van der Waals surface area (Å²) in [6.07, 6.45) is 2.45. The Morgan fingerprint density at radius 1 is 0.966 bits per heavy atom. The molecule has 2 N–H and O–H groups in total. The third-order valence-corrected chi connectivity index (χ3v) is 4.43. The summed E-state index contributed by atoms with van der Waals surface area (Å²) in [5.74, 6) is 1.86. The minimum absolute atomic E-state index is 0.252. The minimum Gasteiger partial charge on any atom is -0.493 e. The average molecular weight is 413 g/mol. The lowest BCUT2D eigenvalue weighted by Gasteiger charge is -2.12. The third kappa shape index (κ3) is 5.71. The molecule has 0 atom stereocenters. The molecule has 0 aromatic heterocycles. The number of methoxy groups -OCH3 is 1. The number of aryl methyl sites for hydroxylation is 2. The van der Waals surface area contributed by atoms with Crippen LogP contribution in [-0.2, 0) is 4.79 Å². The summed E-state index contributed by atoms with van der Waals surface area (Å²) in [7, 11) is 1.58. The number of amides is 1. The van der Waals surface area contributed by atoms with Crippen molar-refractivity contribution in [2.45, 2.75) is 20.3 Å². The van der Waals surface area contributed by atoms with E-state index in [0.29, 0.717) is 35.5 Å². The fraction of sp³-hybridized carbons (Fsp3) is 0.273. The van der Waals surface area contributed by atoms with Crippen molar-refractivity contribution in [3.05, 3.63) is 58.8 Å². The molecule has 2 aromatic rings. The number of ether oxygens (including phenoxy) is 3. The maximum Gasteiger partial charge on any atom is 0.273 e. The van der Waals surface area contributed by atoms with Crippen molar-refractivity contribution in [1.29, 1.82) is 0 Å². The summed E-state index contributed by atoms with van der Waals surface area (Å²) < 4.78 is 17.1. The van der Waals surface area contributed by atoms with E-state index in [9.17, 15) is 4.79 Å². The van der Waals surface area contributed by atoms with Crippen molar-refractivity contribution in [1.82, 2.24) is 10.6 Å². The van der Waals surface area contributed by atoms with Crippen LogP contribution in [0.3, 0.4) is 0 Å². The van der Waals surface area contributed by atoms with E-state index in [2.05, 4.69) is 30.5 Å². The Labute approximate surface area is 175 Å². The summed E-state index contributed by atoms with van der Waals surface area (Å²) in [6.45, 7) is 5.17. The molecule has 6 nitrogen and oxygen atoms in total. The van der Waals surface area contributed by atoms with Gasteiger partial charge in [0.15, 0.2) is 16.6 Å². The lowest BCUT2D eigenvalue weighted by Crippen LogP contribution is -2.21. The second kappa shape index (κ2) is 9.43. The van der Waals surface area contributed by atoms with Gasteiger partial charge in [0.1, 0.15) is 11.4 Å². The summed E-state index contributed by atoms with van der Waals surface area (Å²) in [5.41, 5.74) is 3.57. The van der Waals surface area contributed by atoms with Crippen LogP contribution in [0.4, 0.5) is 0 Å². The van der Waals surface area contributed by atoms with Crippen LogP contribution in [0.25, 0.3) is 6.08 Å².